The molecule has 7 heteroatoms. The van der Waals surface area contributed by atoms with E-state index >= 15 is 0 Å². The van der Waals surface area contributed by atoms with E-state index in [1.54, 1.807) is 6.20 Å². The number of aromatic amines is 1. The van der Waals surface area contributed by atoms with Gasteiger partial charge in [-0.15, -0.1) is 0 Å². The number of rotatable bonds is 3. The van der Waals surface area contributed by atoms with Crippen molar-refractivity contribution in [1.82, 2.24) is 20.2 Å². The number of hydrogen-bond donors (Lipinski definition) is 4. The second-order valence-electron chi connectivity index (χ2n) is 5.92. The monoisotopic (exact) mass is 261 g/mol. The number of hydrogen-bond acceptors (Lipinski definition) is 6. The molecule has 0 aliphatic heterocycles. The van der Waals surface area contributed by atoms with Crippen LogP contribution in [-0.4, -0.2) is 26.2 Å². The Morgan fingerprint density at radius 2 is 2.26 bits per heavy atom. The van der Waals surface area contributed by atoms with Crippen molar-refractivity contribution >= 4 is 22.8 Å². The predicted octanol–water partition coefficient (Wildman–Crippen LogP) is 1.63. The first-order chi connectivity index (χ1) is 9.07. The largest absolute Gasteiger partial charge is 0.367 e. The third-order valence-corrected chi connectivity index (χ3v) is 3.75. The quantitative estimate of drug-likeness (QED) is 0.494. The molecule has 102 valence electrons. The normalized spacial score (nSPS) is 21.7. The summed E-state index contributed by atoms with van der Waals surface area (Å²) in [7, 11) is 0. The molecule has 0 radical (unpaired) electrons. The number of nitrogen functional groups attached to an aromatic ring is 1. The van der Waals surface area contributed by atoms with Gasteiger partial charge in [0.25, 0.3) is 0 Å². The summed E-state index contributed by atoms with van der Waals surface area (Å²) < 4.78 is 0. The highest BCUT2D eigenvalue weighted by Gasteiger charge is 2.31. The minimum atomic E-state index is 0.386. The van der Waals surface area contributed by atoms with Crippen LogP contribution in [0, 0.1) is 5.41 Å². The summed E-state index contributed by atoms with van der Waals surface area (Å²) in [6.45, 7) is 4.60. The van der Waals surface area contributed by atoms with E-state index in [-0.39, 0.29) is 0 Å². The van der Waals surface area contributed by atoms with E-state index in [2.05, 4.69) is 44.8 Å². The summed E-state index contributed by atoms with van der Waals surface area (Å²) in [6, 6.07) is 0.439. The molecule has 0 amide bonds. The van der Waals surface area contributed by atoms with E-state index in [0.717, 1.165) is 24.0 Å². The first kappa shape index (κ1) is 12.2. The van der Waals surface area contributed by atoms with Crippen molar-refractivity contribution in [3.63, 3.8) is 0 Å². The van der Waals surface area contributed by atoms with E-state index in [1.807, 2.05) is 0 Å². The molecule has 2 aromatic heterocycles. The number of fused-ring (bicyclic) bond motifs is 1. The van der Waals surface area contributed by atoms with Crippen LogP contribution in [0.25, 0.3) is 11.0 Å². The minimum Gasteiger partial charge on any atom is -0.367 e. The van der Waals surface area contributed by atoms with Crippen molar-refractivity contribution in [2.45, 2.75) is 39.2 Å². The number of hydrazine groups is 1. The summed E-state index contributed by atoms with van der Waals surface area (Å²) in [5, 5.41) is 11.2. The number of nitrogens with one attached hydrogen (secondary N) is 3. The van der Waals surface area contributed by atoms with E-state index in [0.29, 0.717) is 23.1 Å². The van der Waals surface area contributed by atoms with Crippen LogP contribution in [0.5, 0.6) is 0 Å². The van der Waals surface area contributed by atoms with Crippen LogP contribution in [0.2, 0.25) is 0 Å². The number of H-pyrrole nitrogens is 1. The Morgan fingerprint density at radius 3 is 2.95 bits per heavy atom. The third-order valence-electron chi connectivity index (χ3n) is 3.75. The second-order valence-corrected chi connectivity index (χ2v) is 5.92. The van der Waals surface area contributed by atoms with Gasteiger partial charge in [-0.2, -0.15) is 15.1 Å². The van der Waals surface area contributed by atoms with Gasteiger partial charge < -0.3 is 5.32 Å². The molecule has 19 heavy (non-hydrogen) atoms. The maximum Gasteiger partial charge on any atom is 0.241 e. The van der Waals surface area contributed by atoms with Gasteiger partial charge in [0.15, 0.2) is 5.65 Å². The van der Waals surface area contributed by atoms with Gasteiger partial charge in [0, 0.05) is 6.04 Å². The van der Waals surface area contributed by atoms with Gasteiger partial charge in [0.1, 0.15) is 5.82 Å². The van der Waals surface area contributed by atoms with Crippen LogP contribution >= 0.6 is 0 Å². The van der Waals surface area contributed by atoms with Crippen molar-refractivity contribution in [3.8, 4) is 0 Å². The molecule has 7 nitrogen and oxygen atoms in total. The first-order valence-electron chi connectivity index (χ1n) is 6.52. The Bertz CT molecular complexity index is 589. The Kier molecular flexibility index (Phi) is 2.78. The zero-order valence-corrected chi connectivity index (χ0v) is 11.2. The Balaban J connectivity index is 1.89. The van der Waals surface area contributed by atoms with Gasteiger partial charge in [0.2, 0.25) is 5.95 Å². The van der Waals surface area contributed by atoms with Crippen molar-refractivity contribution in [2.24, 2.45) is 11.3 Å². The molecule has 1 fully saturated rings. The fourth-order valence-corrected chi connectivity index (χ4v) is 2.76. The molecule has 1 atom stereocenters. The number of nitrogens with zero attached hydrogens (tertiary/aromatic N) is 3. The molecular weight excluding hydrogens is 242 g/mol. The van der Waals surface area contributed by atoms with Crippen molar-refractivity contribution < 1.29 is 0 Å². The topological polar surface area (TPSA) is 105 Å². The lowest BCUT2D eigenvalue weighted by molar-refractivity contribution is 0.378. The first-order valence-corrected chi connectivity index (χ1v) is 6.52. The van der Waals surface area contributed by atoms with Gasteiger partial charge in [0.05, 0.1) is 11.6 Å². The molecule has 2 heterocycles. The molecule has 0 saturated heterocycles. The number of aromatic nitrogens is 4. The molecule has 3 rings (SSSR count). The summed E-state index contributed by atoms with van der Waals surface area (Å²) in [5.74, 6) is 6.56. The summed E-state index contributed by atoms with van der Waals surface area (Å²) in [5.41, 5.74) is 3.56. The Morgan fingerprint density at radius 1 is 1.42 bits per heavy atom. The smallest absolute Gasteiger partial charge is 0.241 e. The molecule has 1 saturated carbocycles. The molecule has 5 N–H and O–H groups in total. The summed E-state index contributed by atoms with van der Waals surface area (Å²) in [4.78, 5) is 8.60. The van der Waals surface area contributed by atoms with E-state index in [1.165, 1.54) is 6.42 Å². The highest BCUT2D eigenvalue weighted by Crippen LogP contribution is 2.38. The van der Waals surface area contributed by atoms with Crippen LogP contribution in [0.15, 0.2) is 6.20 Å². The highest BCUT2D eigenvalue weighted by atomic mass is 15.3. The van der Waals surface area contributed by atoms with Crippen molar-refractivity contribution in [1.29, 1.82) is 0 Å². The lowest BCUT2D eigenvalue weighted by Crippen LogP contribution is -2.19. The molecule has 2 aromatic rings. The molecule has 1 aliphatic rings. The number of nitrogens with two attached hydrogens (primary N) is 1. The van der Waals surface area contributed by atoms with Gasteiger partial charge in [-0.05, 0) is 24.7 Å². The fraction of sp³-hybridized carbons (Fsp3) is 0.583. The summed E-state index contributed by atoms with van der Waals surface area (Å²) >= 11 is 0. The fourth-order valence-electron chi connectivity index (χ4n) is 2.76. The molecule has 0 spiro atoms. The van der Waals surface area contributed by atoms with Crippen LogP contribution in [0.3, 0.4) is 0 Å². The van der Waals surface area contributed by atoms with E-state index in [9.17, 15) is 0 Å². The van der Waals surface area contributed by atoms with Gasteiger partial charge in [-0.25, -0.2) is 5.84 Å². The average Bonchev–Trinajstić information content (AvgIpc) is 2.95. The highest BCUT2D eigenvalue weighted by molar-refractivity contribution is 5.87. The molecule has 0 bridgehead atoms. The SMILES string of the molecule is CC1(C)CCC(Nc2nc(NN)nc3[nH]ncc23)C1. The van der Waals surface area contributed by atoms with Crippen molar-refractivity contribution in [3.05, 3.63) is 6.20 Å². The van der Waals surface area contributed by atoms with Crippen LogP contribution in [0.4, 0.5) is 11.8 Å². The average molecular weight is 261 g/mol. The maximum atomic E-state index is 5.39. The zero-order valence-electron chi connectivity index (χ0n) is 11.2. The Labute approximate surface area is 111 Å². The molecule has 1 unspecified atom stereocenters. The summed E-state index contributed by atoms with van der Waals surface area (Å²) in [6.07, 6.45) is 5.26. The standard InChI is InChI=1S/C12H19N7/c1-12(2)4-3-7(5-12)15-9-8-6-14-19-10(8)17-11(16-9)18-13/h6-7H,3-5,13H2,1-2H3,(H3,14,15,16,17,18,19). The Hall–Kier alpha value is -1.89. The maximum absolute atomic E-state index is 5.39. The lowest BCUT2D eigenvalue weighted by atomic mass is 9.92. The molecule has 1 aliphatic carbocycles. The van der Waals surface area contributed by atoms with Crippen LogP contribution < -0.4 is 16.6 Å². The lowest BCUT2D eigenvalue weighted by Gasteiger charge is -2.18. The number of anilines is 2. The second kappa shape index (κ2) is 4.34. The predicted molar refractivity (Wildman–Crippen MR) is 74.5 cm³/mol. The van der Waals surface area contributed by atoms with Gasteiger partial charge >= 0.3 is 0 Å². The van der Waals surface area contributed by atoms with Crippen molar-refractivity contribution in [2.75, 3.05) is 10.7 Å². The van der Waals surface area contributed by atoms with E-state index in [4.69, 9.17) is 5.84 Å². The zero-order chi connectivity index (χ0) is 13.5. The molecular formula is C12H19N7. The van der Waals surface area contributed by atoms with Crippen LogP contribution in [-0.2, 0) is 0 Å². The van der Waals surface area contributed by atoms with E-state index < -0.39 is 0 Å². The van der Waals surface area contributed by atoms with Crippen LogP contribution in [0.1, 0.15) is 33.1 Å². The van der Waals surface area contributed by atoms with Gasteiger partial charge in [-0.1, -0.05) is 13.8 Å². The molecule has 0 aromatic carbocycles. The minimum absolute atomic E-state index is 0.386. The van der Waals surface area contributed by atoms with Gasteiger partial charge in [-0.3, -0.25) is 10.5 Å². The third kappa shape index (κ3) is 2.33.